The number of hydrogen-bond acceptors (Lipinski definition) is 2. The van der Waals surface area contributed by atoms with Crippen LogP contribution in [-0.2, 0) is 0 Å². The molecule has 0 saturated carbocycles. The van der Waals surface area contributed by atoms with E-state index >= 15 is 0 Å². The van der Waals surface area contributed by atoms with Crippen LogP contribution in [-0.4, -0.2) is 36.0 Å². The fourth-order valence-corrected chi connectivity index (χ4v) is 2.33. The van der Waals surface area contributed by atoms with Gasteiger partial charge in [-0.1, -0.05) is 13.3 Å². The Labute approximate surface area is 99.1 Å². The van der Waals surface area contributed by atoms with E-state index in [0.717, 1.165) is 5.92 Å². The van der Waals surface area contributed by atoms with Gasteiger partial charge in [0.25, 0.3) is 0 Å². The Morgan fingerprint density at radius 3 is 2.69 bits per heavy atom. The molecule has 0 bridgehead atoms. The molecule has 1 heterocycles. The summed E-state index contributed by atoms with van der Waals surface area (Å²) in [5.41, 5.74) is 10.9. The van der Waals surface area contributed by atoms with Gasteiger partial charge >= 0.3 is 0 Å². The van der Waals surface area contributed by atoms with Crippen molar-refractivity contribution in [2.75, 3.05) is 19.6 Å². The van der Waals surface area contributed by atoms with Crippen LogP contribution in [0.15, 0.2) is 4.99 Å². The zero-order chi connectivity index (χ0) is 12.2. The maximum absolute atomic E-state index is 5.39. The molecule has 1 unspecified atom stereocenters. The number of nitrogens with two attached hydrogens (primary N) is 2. The Morgan fingerprint density at radius 1 is 1.44 bits per heavy atom. The van der Waals surface area contributed by atoms with Gasteiger partial charge in [0.2, 0.25) is 0 Å². The maximum Gasteiger partial charge on any atom is 0.185 e. The fourth-order valence-electron chi connectivity index (χ4n) is 2.33. The summed E-state index contributed by atoms with van der Waals surface area (Å²) in [6.07, 6.45) is 3.93. The molecule has 94 valence electrons. The predicted octanol–water partition coefficient (Wildman–Crippen LogP) is 1.16. The molecule has 1 aliphatic rings. The average Bonchev–Trinajstić information content (AvgIpc) is 2.27. The van der Waals surface area contributed by atoms with Crippen molar-refractivity contribution in [1.29, 1.82) is 0 Å². The van der Waals surface area contributed by atoms with E-state index in [2.05, 4.69) is 30.7 Å². The van der Waals surface area contributed by atoms with Gasteiger partial charge in [0.15, 0.2) is 5.96 Å². The Bertz CT molecular complexity index is 243. The first-order valence-corrected chi connectivity index (χ1v) is 6.26. The van der Waals surface area contributed by atoms with E-state index in [4.69, 9.17) is 11.5 Å². The predicted molar refractivity (Wildman–Crippen MR) is 69.3 cm³/mol. The summed E-state index contributed by atoms with van der Waals surface area (Å²) in [4.78, 5) is 6.68. The van der Waals surface area contributed by atoms with Crippen LogP contribution in [0.25, 0.3) is 0 Å². The van der Waals surface area contributed by atoms with Crippen molar-refractivity contribution in [2.45, 2.75) is 45.6 Å². The van der Waals surface area contributed by atoms with Crippen LogP contribution in [0.1, 0.15) is 40.0 Å². The minimum atomic E-state index is 0.0673. The van der Waals surface area contributed by atoms with Gasteiger partial charge in [-0.2, -0.15) is 0 Å². The van der Waals surface area contributed by atoms with Gasteiger partial charge in [-0.25, -0.2) is 0 Å². The van der Waals surface area contributed by atoms with E-state index in [1.54, 1.807) is 0 Å². The molecule has 4 nitrogen and oxygen atoms in total. The topological polar surface area (TPSA) is 67.6 Å². The van der Waals surface area contributed by atoms with Gasteiger partial charge in [-0.3, -0.25) is 9.89 Å². The normalized spacial score (nSPS) is 23.1. The first kappa shape index (κ1) is 13.3. The van der Waals surface area contributed by atoms with Crippen molar-refractivity contribution in [3.8, 4) is 0 Å². The quantitative estimate of drug-likeness (QED) is 0.558. The van der Waals surface area contributed by atoms with Gasteiger partial charge in [0.05, 0.1) is 6.54 Å². The third kappa shape index (κ3) is 3.67. The summed E-state index contributed by atoms with van der Waals surface area (Å²) in [5, 5.41) is 0. The van der Waals surface area contributed by atoms with Crippen molar-refractivity contribution >= 4 is 5.96 Å². The van der Waals surface area contributed by atoms with Gasteiger partial charge in [-0.05, 0) is 39.2 Å². The van der Waals surface area contributed by atoms with E-state index in [1.807, 2.05) is 0 Å². The second kappa shape index (κ2) is 5.53. The lowest BCUT2D eigenvalue weighted by Gasteiger charge is -2.42. The summed E-state index contributed by atoms with van der Waals surface area (Å²) >= 11 is 0. The zero-order valence-electron chi connectivity index (χ0n) is 10.9. The molecular weight excluding hydrogens is 200 g/mol. The highest BCUT2D eigenvalue weighted by Crippen LogP contribution is 2.25. The lowest BCUT2D eigenvalue weighted by atomic mass is 9.91. The minimum absolute atomic E-state index is 0.0673. The Balaban J connectivity index is 2.56. The van der Waals surface area contributed by atoms with E-state index in [1.165, 1.54) is 32.4 Å². The summed E-state index contributed by atoms with van der Waals surface area (Å²) < 4.78 is 0. The van der Waals surface area contributed by atoms with Crippen molar-refractivity contribution in [2.24, 2.45) is 22.4 Å². The highest BCUT2D eigenvalue weighted by Gasteiger charge is 2.30. The number of hydrogen-bond donors (Lipinski definition) is 2. The SMILES string of the molecule is CCC1CCCN(C(C)(C)CN=C(N)N)C1. The van der Waals surface area contributed by atoms with E-state index in [0.29, 0.717) is 6.54 Å². The van der Waals surface area contributed by atoms with Crippen LogP contribution in [0.4, 0.5) is 0 Å². The largest absolute Gasteiger partial charge is 0.370 e. The number of guanidine groups is 1. The zero-order valence-corrected chi connectivity index (χ0v) is 10.9. The van der Waals surface area contributed by atoms with Crippen molar-refractivity contribution in [3.05, 3.63) is 0 Å². The summed E-state index contributed by atoms with van der Waals surface area (Å²) in [6.45, 7) is 9.75. The van der Waals surface area contributed by atoms with Gasteiger partial charge in [0, 0.05) is 12.1 Å². The molecule has 0 aromatic heterocycles. The summed E-state index contributed by atoms with van der Waals surface area (Å²) in [7, 11) is 0. The van der Waals surface area contributed by atoms with Gasteiger partial charge < -0.3 is 11.5 Å². The van der Waals surface area contributed by atoms with Crippen LogP contribution < -0.4 is 11.5 Å². The molecule has 16 heavy (non-hydrogen) atoms. The average molecular weight is 226 g/mol. The Hall–Kier alpha value is -0.770. The third-order valence-electron chi connectivity index (χ3n) is 3.60. The molecule has 1 fully saturated rings. The summed E-state index contributed by atoms with van der Waals surface area (Å²) in [5.74, 6) is 1.03. The first-order chi connectivity index (χ1) is 7.45. The van der Waals surface area contributed by atoms with Crippen molar-refractivity contribution < 1.29 is 0 Å². The molecule has 1 atom stereocenters. The van der Waals surface area contributed by atoms with Crippen molar-refractivity contribution in [3.63, 3.8) is 0 Å². The number of aliphatic imine (C=N–C) groups is 1. The Morgan fingerprint density at radius 2 is 2.12 bits per heavy atom. The lowest BCUT2D eigenvalue weighted by Crippen LogP contribution is -2.51. The van der Waals surface area contributed by atoms with Crippen LogP contribution in [0.2, 0.25) is 0 Å². The van der Waals surface area contributed by atoms with Gasteiger partial charge in [0.1, 0.15) is 0 Å². The maximum atomic E-state index is 5.39. The molecule has 1 rings (SSSR count). The fraction of sp³-hybridized carbons (Fsp3) is 0.917. The van der Waals surface area contributed by atoms with Crippen LogP contribution in [0.5, 0.6) is 0 Å². The minimum Gasteiger partial charge on any atom is -0.370 e. The van der Waals surface area contributed by atoms with E-state index in [9.17, 15) is 0 Å². The van der Waals surface area contributed by atoms with E-state index < -0.39 is 0 Å². The molecular formula is C12H26N4. The molecule has 0 radical (unpaired) electrons. The smallest absolute Gasteiger partial charge is 0.185 e. The first-order valence-electron chi connectivity index (χ1n) is 6.26. The lowest BCUT2D eigenvalue weighted by molar-refractivity contribution is 0.0714. The van der Waals surface area contributed by atoms with E-state index in [-0.39, 0.29) is 11.5 Å². The van der Waals surface area contributed by atoms with Crippen LogP contribution in [0.3, 0.4) is 0 Å². The summed E-state index contributed by atoms with van der Waals surface area (Å²) in [6, 6.07) is 0. The molecule has 0 aliphatic carbocycles. The molecule has 0 spiro atoms. The number of nitrogens with zero attached hydrogens (tertiary/aromatic N) is 2. The molecule has 1 saturated heterocycles. The molecule has 1 aliphatic heterocycles. The number of piperidine rings is 1. The second-order valence-electron chi connectivity index (χ2n) is 5.42. The third-order valence-corrected chi connectivity index (χ3v) is 3.60. The number of likely N-dealkylation sites (tertiary alicyclic amines) is 1. The number of rotatable bonds is 4. The molecule has 0 aromatic carbocycles. The Kier molecular flexibility index (Phi) is 4.59. The van der Waals surface area contributed by atoms with Crippen molar-refractivity contribution in [1.82, 2.24) is 4.90 Å². The van der Waals surface area contributed by atoms with Crippen LogP contribution >= 0.6 is 0 Å². The molecule has 4 N–H and O–H groups in total. The standard InChI is InChI=1S/C12H26N4/c1-4-10-6-5-7-16(8-10)12(2,3)9-15-11(13)14/h10H,4-9H2,1-3H3,(H4,13,14,15). The monoisotopic (exact) mass is 226 g/mol. The molecule has 0 aromatic rings. The highest BCUT2D eigenvalue weighted by atomic mass is 15.2. The van der Waals surface area contributed by atoms with Crippen LogP contribution in [0, 0.1) is 5.92 Å². The second-order valence-corrected chi connectivity index (χ2v) is 5.42. The molecule has 4 heteroatoms. The molecule has 0 amide bonds. The van der Waals surface area contributed by atoms with Gasteiger partial charge in [-0.15, -0.1) is 0 Å². The highest BCUT2D eigenvalue weighted by molar-refractivity contribution is 5.75.